The lowest BCUT2D eigenvalue weighted by molar-refractivity contribution is -0.141. The highest BCUT2D eigenvalue weighted by molar-refractivity contribution is 5.31. The number of halogens is 3. The molecular formula is C16H25F3N4O2. The maximum Gasteiger partial charge on any atom is 0.433 e. The fourth-order valence-corrected chi connectivity index (χ4v) is 2.67. The number of alkyl halides is 3. The molecule has 0 bridgehead atoms. The molecule has 0 aliphatic carbocycles. The normalized spacial score (nSPS) is 18.4. The van der Waals surface area contributed by atoms with Crippen molar-refractivity contribution < 1.29 is 23.0 Å². The zero-order valence-corrected chi connectivity index (χ0v) is 14.5. The molecular weight excluding hydrogens is 337 g/mol. The molecule has 9 heteroatoms. The average molecular weight is 362 g/mol. The minimum absolute atomic E-state index is 0.0623. The lowest BCUT2D eigenvalue weighted by Gasteiger charge is -2.24. The Morgan fingerprint density at radius 1 is 1.24 bits per heavy atom. The highest BCUT2D eigenvalue weighted by Crippen LogP contribution is 2.28. The number of nitrogens with zero attached hydrogens (tertiary/aromatic N) is 4. The summed E-state index contributed by atoms with van der Waals surface area (Å²) in [5.74, 6) is 0.0976. The number of hydrogen-bond acceptors (Lipinski definition) is 6. The number of β-amino-alcohol motifs (C(OH)–C–C–N with tert-alkyl or cyclic N) is 1. The van der Waals surface area contributed by atoms with E-state index in [0.717, 1.165) is 25.2 Å². The van der Waals surface area contributed by atoms with Crippen molar-refractivity contribution in [1.29, 1.82) is 0 Å². The van der Waals surface area contributed by atoms with E-state index in [1.165, 1.54) is 0 Å². The summed E-state index contributed by atoms with van der Waals surface area (Å²) in [5, 5.41) is 10.0. The minimum atomic E-state index is -4.48. The zero-order chi connectivity index (χ0) is 18.4. The van der Waals surface area contributed by atoms with Crippen molar-refractivity contribution >= 4 is 5.95 Å². The SMILES string of the molecule is CC(C)OCC(O)CN1CCCN(c2nccc(C(F)(F)F)n2)CC1. The van der Waals surface area contributed by atoms with Gasteiger partial charge in [0, 0.05) is 32.4 Å². The number of aromatic nitrogens is 2. The van der Waals surface area contributed by atoms with Crippen LogP contribution >= 0.6 is 0 Å². The highest BCUT2D eigenvalue weighted by atomic mass is 19.4. The molecule has 142 valence electrons. The molecule has 1 aliphatic heterocycles. The quantitative estimate of drug-likeness (QED) is 0.833. The Balaban J connectivity index is 1.91. The van der Waals surface area contributed by atoms with Gasteiger partial charge in [-0.3, -0.25) is 4.90 Å². The Kier molecular flexibility index (Phi) is 6.97. The van der Waals surface area contributed by atoms with Gasteiger partial charge in [0.25, 0.3) is 0 Å². The zero-order valence-electron chi connectivity index (χ0n) is 14.5. The Labute approximate surface area is 145 Å². The van der Waals surface area contributed by atoms with Crippen LogP contribution in [0.3, 0.4) is 0 Å². The third-order valence-electron chi connectivity index (χ3n) is 3.90. The fraction of sp³-hybridized carbons (Fsp3) is 0.750. The van der Waals surface area contributed by atoms with E-state index in [1.807, 2.05) is 13.8 Å². The highest BCUT2D eigenvalue weighted by Gasteiger charge is 2.33. The summed E-state index contributed by atoms with van der Waals surface area (Å²) in [4.78, 5) is 11.5. The molecule has 6 nitrogen and oxygen atoms in total. The topological polar surface area (TPSA) is 61.7 Å². The summed E-state index contributed by atoms with van der Waals surface area (Å²) < 4.78 is 43.8. The molecule has 0 radical (unpaired) electrons. The van der Waals surface area contributed by atoms with Gasteiger partial charge in [0.15, 0.2) is 0 Å². The molecule has 2 rings (SSSR count). The standard InChI is InChI=1S/C16H25F3N4O2/c1-12(2)25-11-13(24)10-22-6-3-7-23(9-8-22)15-20-5-4-14(21-15)16(17,18)19/h4-5,12-13,24H,3,6-11H2,1-2H3. The first-order valence-corrected chi connectivity index (χ1v) is 8.43. The summed E-state index contributed by atoms with van der Waals surface area (Å²) in [6.07, 6.45) is -3.10. The monoisotopic (exact) mass is 362 g/mol. The molecule has 0 aromatic carbocycles. The van der Waals surface area contributed by atoms with Crippen molar-refractivity contribution in [1.82, 2.24) is 14.9 Å². The Morgan fingerprint density at radius 2 is 2.00 bits per heavy atom. The van der Waals surface area contributed by atoms with Crippen LogP contribution in [0.4, 0.5) is 19.1 Å². The van der Waals surface area contributed by atoms with Crippen LogP contribution in [0.15, 0.2) is 12.3 Å². The van der Waals surface area contributed by atoms with Gasteiger partial charge in [-0.05, 0) is 32.9 Å². The largest absolute Gasteiger partial charge is 0.433 e. The van der Waals surface area contributed by atoms with Gasteiger partial charge in [-0.15, -0.1) is 0 Å². The summed E-state index contributed by atoms with van der Waals surface area (Å²) in [6, 6.07) is 0.874. The van der Waals surface area contributed by atoms with Gasteiger partial charge in [0.05, 0.1) is 18.8 Å². The van der Waals surface area contributed by atoms with E-state index in [0.29, 0.717) is 26.2 Å². The minimum Gasteiger partial charge on any atom is -0.389 e. The van der Waals surface area contributed by atoms with E-state index in [9.17, 15) is 18.3 Å². The third kappa shape index (κ3) is 6.41. The molecule has 1 aliphatic rings. The van der Waals surface area contributed by atoms with Crippen LogP contribution in [0, 0.1) is 0 Å². The number of aliphatic hydroxyl groups excluding tert-OH is 1. The maximum absolute atomic E-state index is 12.8. The van der Waals surface area contributed by atoms with Crippen LogP contribution in [0.25, 0.3) is 0 Å². The van der Waals surface area contributed by atoms with Gasteiger partial charge in [0.1, 0.15) is 5.69 Å². The first-order valence-electron chi connectivity index (χ1n) is 8.43. The Hall–Kier alpha value is -1.45. The second-order valence-electron chi connectivity index (χ2n) is 6.42. The van der Waals surface area contributed by atoms with Crippen molar-refractivity contribution in [2.24, 2.45) is 0 Å². The molecule has 0 amide bonds. The van der Waals surface area contributed by atoms with E-state index >= 15 is 0 Å². The van der Waals surface area contributed by atoms with Crippen molar-refractivity contribution in [2.75, 3.05) is 44.2 Å². The van der Waals surface area contributed by atoms with Gasteiger partial charge < -0.3 is 14.7 Å². The number of rotatable bonds is 6. The second kappa shape index (κ2) is 8.77. The molecule has 1 aromatic rings. The first kappa shape index (κ1) is 19.9. The van der Waals surface area contributed by atoms with Crippen LogP contribution in [0.5, 0.6) is 0 Å². The molecule has 2 heterocycles. The summed E-state index contributed by atoms with van der Waals surface area (Å²) in [5.41, 5.74) is -0.931. The molecule has 1 atom stereocenters. The van der Waals surface area contributed by atoms with Crippen molar-refractivity contribution in [2.45, 2.75) is 38.7 Å². The van der Waals surface area contributed by atoms with Gasteiger partial charge in [-0.2, -0.15) is 13.2 Å². The number of anilines is 1. The molecule has 1 saturated heterocycles. The second-order valence-corrected chi connectivity index (χ2v) is 6.42. The van der Waals surface area contributed by atoms with Crippen LogP contribution in [-0.2, 0) is 10.9 Å². The number of aliphatic hydroxyl groups is 1. The predicted molar refractivity (Wildman–Crippen MR) is 87.4 cm³/mol. The first-order chi connectivity index (χ1) is 11.8. The van der Waals surface area contributed by atoms with Crippen LogP contribution < -0.4 is 4.90 Å². The van der Waals surface area contributed by atoms with E-state index in [-0.39, 0.29) is 18.7 Å². The Morgan fingerprint density at radius 3 is 2.68 bits per heavy atom. The molecule has 1 unspecified atom stereocenters. The van der Waals surface area contributed by atoms with Gasteiger partial charge in [-0.1, -0.05) is 0 Å². The lowest BCUT2D eigenvalue weighted by Crippen LogP contribution is -2.38. The maximum atomic E-state index is 12.8. The molecule has 0 saturated carbocycles. The number of hydrogen-bond donors (Lipinski definition) is 1. The van der Waals surface area contributed by atoms with E-state index < -0.39 is 18.0 Å². The van der Waals surface area contributed by atoms with Gasteiger partial charge in [0.2, 0.25) is 5.95 Å². The average Bonchev–Trinajstić information content (AvgIpc) is 2.78. The Bertz CT molecular complexity index is 542. The summed E-state index contributed by atoms with van der Waals surface area (Å²) in [6.45, 7) is 7.04. The van der Waals surface area contributed by atoms with Crippen molar-refractivity contribution in [3.05, 3.63) is 18.0 Å². The fourth-order valence-electron chi connectivity index (χ4n) is 2.67. The van der Waals surface area contributed by atoms with Crippen LogP contribution in [-0.4, -0.2) is 71.5 Å². The molecule has 0 spiro atoms. The van der Waals surface area contributed by atoms with Crippen molar-refractivity contribution in [3.8, 4) is 0 Å². The third-order valence-corrected chi connectivity index (χ3v) is 3.90. The predicted octanol–water partition coefficient (Wildman–Crippen LogP) is 1.79. The molecule has 1 fully saturated rings. The van der Waals surface area contributed by atoms with E-state index in [2.05, 4.69) is 14.9 Å². The smallest absolute Gasteiger partial charge is 0.389 e. The summed E-state index contributed by atoms with van der Waals surface area (Å²) >= 11 is 0. The van der Waals surface area contributed by atoms with Gasteiger partial charge >= 0.3 is 6.18 Å². The molecule has 1 aromatic heterocycles. The summed E-state index contributed by atoms with van der Waals surface area (Å²) in [7, 11) is 0. The van der Waals surface area contributed by atoms with Crippen LogP contribution in [0.1, 0.15) is 26.0 Å². The van der Waals surface area contributed by atoms with Crippen LogP contribution in [0.2, 0.25) is 0 Å². The van der Waals surface area contributed by atoms with E-state index in [4.69, 9.17) is 4.74 Å². The lowest BCUT2D eigenvalue weighted by atomic mass is 10.3. The van der Waals surface area contributed by atoms with E-state index in [1.54, 1.807) is 4.90 Å². The molecule has 25 heavy (non-hydrogen) atoms. The number of ether oxygens (including phenoxy) is 1. The van der Waals surface area contributed by atoms with Gasteiger partial charge in [-0.25, -0.2) is 9.97 Å². The van der Waals surface area contributed by atoms with Crippen molar-refractivity contribution in [3.63, 3.8) is 0 Å². The molecule has 1 N–H and O–H groups in total.